The summed E-state index contributed by atoms with van der Waals surface area (Å²) in [4.78, 5) is 13.7. The van der Waals surface area contributed by atoms with Crippen molar-refractivity contribution in [2.45, 2.75) is 39.0 Å². The van der Waals surface area contributed by atoms with Crippen LogP contribution in [0, 0.1) is 5.92 Å². The number of nitrogens with zero attached hydrogens (tertiary/aromatic N) is 1. The zero-order valence-electron chi connectivity index (χ0n) is 10.1. The van der Waals surface area contributed by atoms with Crippen LogP contribution in [0.15, 0.2) is 0 Å². The Bertz CT molecular complexity index is 188. The van der Waals surface area contributed by atoms with Crippen molar-refractivity contribution in [2.75, 3.05) is 26.7 Å². The van der Waals surface area contributed by atoms with Crippen LogP contribution >= 0.6 is 0 Å². The fourth-order valence-corrected chi connectivity index (χ4v) is 2.02. The van der Waals surface area contributed by atoms with E-state index >= 15 is 0 Å². The average Bonchev–Trinajstić information content (AvgIpc) is 2.70. The second-order valence-corrected chi connectivity index (χ2v) is 4.59. The molecule has 1 aliphatic rings. The molecule has 0 saturated carbocycles. The lowest BCUT2D eigenvalue weighted by Crippen LogP contribution is -2.29. The summed E-state index contributed by atoms with van der Waals surface area (Å²) in [7, 11) is 1.93. The maximum Gasteiger partial charge on any atom is 0.222 e. The van der Waals surface area contributed by atoms with Crippen molar-refractivity contribution in [3.8, 4) is 0 Å². The van der Waals surface area contributed by atoms with Crippen molar-refractivity contribution in [3.05, 3.63) is 0 Å². The molecule has 88 valence electrons. The van der Waals surface area contributed by atoms with Crippen LogP contribution in [-0.2, 0) is 4.79 Å². The van der Waals surface area contributed by atoms with Gasteiger partial charge in [-0.25, -0.2) is 0 Å². The lowest BCUT2D eigenvalue weighted by Gasteiger charge is -2.18. The second-order valence-electron chi connectivity index (χ2n) is 4.59. The first-order valence-corrected chi connectivity index (χ1v) is 6.18. The zero-order chi connectivity index (χ0) is 11.1. The van der Waals surface area contributed by atoms with Crippen LogP contribution in [0.3, 0.4) is 0 Å². The van der Waals surface area contributed by atoms with Crippen LogP contribution in [0.1, 0.15) is 39.0 Å². The van der Waals surface area contributed by atoms with E-state index in [1.54, 1.807) is 0 Å². The molecule has 0 aromatic carbocycles. The first kappa shape index (κ1) is 12.5. The summed E-state index contributed by atoms with van der Waals surface area (Å²) in [6.07, 6.45) is 5.48. The summed E-state index contributed by atoms with van der Waals surface area (Å²) in [6.45, 7) is 5.21. The van der Waals surface area contributed by atoms with Crippen molar-refractivity contribution in [1.82, 2.24) is 10.2 Å². The predicted octanol–water partition coefficient (Wildman–Crippen LogP) is 1.63. The van der Waals surface area contributed by atoms with Gasteiger partial charge in [-0.15, -0.1) is 0 Å². The number of nitrogens with one attached hydrogen (secondary N) is 1. The number of hydrogen-bond acceptors (Lipinski definition) is 2. The van der Waals surface area contributed by atoms with E-state index < -0.39 is 0 Å². The number of amides is 1. The van der Waals surface area contributed by atoms with Crippen LogP contribution in [0.2, 0.25) is 0 Å². The van der Waals surface area contributed by atoms with Gasteiger partial charge in [0.1, 0.15) is 0 Å². The highest BCUT2D eigenvalue weighted by atomic mass is 16.2. The molecule has 1 unspecified atom stereocenters. The monoisotopic (exact) mass is 212 g/mol. The summed E-state index contributed by atoms with van der Waals surface area (Å²) >= 11 is 0. The second kappa shape index (κ2) is 6.83. The van der Waals surface area contributed by atoms with E-state index in [0.29, 0.717) is 11.8 Å². The van der Waals surface area contributed by atoms with Gasteiger partial charge in [0.25, 0.3) is 0 Å². The van der Waals surface area contributed by atoms with Crippen molar-refractivity contribution in [1.29, 1.82) is 0 Å². The van der Waals surface area contributed by atoms with E-state index in [9.17, 15) is 4.79 Å². The molecular weight excluding hydrogens is 188 g/mol. The third-order valence-electron chi connectivity index (χ3n) is 3.15. The molecule has 3 heteroatoms. The normalized spacial score (nSPS) is 20.5. The molecule has 1 aliphatic heterocycles. The summed E-state index contributed by atoms with van der Waals surface area (Å²) in [6, 6.07) is 0. The molecule has 0 spiro atoms. The van der Waals surface area contributed by atoms with Gasteiger partial charge in [-0.1, -0.05) is 19.8 Å². The molecule has 1 heterocycles. The molecule has 1 N–H and O–H groups in total. The molecule has 1 saturated heterocycles. The molecule has 0 bridgehead atoms. The van der Waals surface area contributed by atoms with Gasteiger partial charge in [0.15, 0.2) is 0 Å². The van der Waals surface area contributed by atoms with Crippen LogP contribution < -0.4 is 5.32 Å². The summed E-state index contributed by atoms with van der Waals surface area (Å²) in [5.74, 6) is 0.894. The standard InChI is InChI=1S/C12H24N2O/c1-3-4-5-8-14(2)12(15)9-11-6-7-13-10-11/h11,13H,3-10H2,1-2H3. The third kappa shape index (κ3) is 4.65. The topological polar surface area (TPSA) is 32.3 Å². The zero-order valence-corrected chi connectivity index (χ0v) is 10.1. The van der Waals surface area contributed by atoms with Crippen molar-refractivity contribution < 1.29 is 4.79 Å². The third-order valence-corrected chi connectivity index (χ3v) is 3.15. The number of hydrogen-bond donors (Lipinski definition) is 1. The molecule has 1 amide bonds. The highest BCUT2D eigenvalue weighted by Crippen LogP contribution is 2.13. The molecular formula is C12H24N2O. The number of carbonyl (C=O) groups is 1. The predicted molar refractivity (Wildman–Crippen MR) is 62.8 cm³/mol. The highest BCUT2D eigenvalue weighted by Gasteiger charge is 2.19. The quantitative estimate of drug-likeness (QED) is 0.679. The van der Waals surface area contributed by atoms with Gasteiger partial charge in [0, 0.05) is 20.0 Å². The molecule has 15 heavy (non-hydrogen) atoms. The highest BCUT2D eigenvalue weighted by molar-refractivity contribution is 5.76. The van der Waals surface area contributed by atoms with E-state index in [4.69, 9.17) is 0 Å². The SMILES string of the molecule is CCCCCN(C)C(=O)CC1CCNC1. The minimum absolute atomic E-state index is 0.319. The van der Waals surface area contributed by atoms with Gasteiger partial charge in [0.2, 0.25) is 5.91 Å². The maximum atomic E-state index is 11.8. The smallest absolute Gasteiger partial charge is 0.222 e. The van der Waals surface area contributed by atoms with Crippen molar-refractivity contribution in [2.24, 2.45) is 5.92 Å². The van der Waals surface area contributed by atoms with Crippen LogP contribution in [-0.4, -0.2) is 37.5 Å². The minimum Gasteiger partial charge on any atom is -0.346 e. The Labute approximate surface area is 93.2 Å². The van der Waals surface area contributed by atoms with Crippen LogP contribution in [0.4, 0.5) is 0 Å². The lowest BCUT2D eigenvalue weighted by atomic mass is 10.0. The van der Waals surface area contributed by atoms with Gasteiger partial charge in [-0.2, -0.15) is 0 Å². The Kier molecular flexibility index (Phi) is 5.69. The van der Waals surface area contributed by atoms with Crippen LogP contribution in [0.25, 0.3) is 0 Å². The Hall–Kier alpha value is -0.570. The molecule has 1 fully saturated rings. The van der Waals surface area contributed by atoms with Gasteiger partial charge in [0.05, 0.1) is 0 Å². The largest absolute Gasteiger partial charge is 0.346 e. The Morgan fingerprint density at radius 2 is 2.27 bits per heavy atom. The van der Waals surface area contributed by atoms with E-state index in [0.717, 1.165) is 38.9 Å². The average molecular weight is 212 g/mol. The molecule has 0 aromatic heterocycles. The van der Waals surface area contributed by atoms with E-state index in [1.165, 1.54) is 12.8 Å². The Morgan fingerprint density at radius 1 is 1.47 bits per heavy atom. The Morgan fingerprint density at radius 3 is 2.87 bits per heavy atom. The molecule has 0 aromatic rings. The first-order valence-electron chi connectivity index (χ1n) is 6.18. The van der Waals surface area contributed by atoms with E-state index in [-0.39, 0.29) is 0 Å². The molecule has 1 rings (SSSR count). The van der Waals surface area contributed by atoms with Crippen molar-refractivity contribution >= 4 is 5.91 Å². The molecule has 1 atom stereocenters. The fraction of sp³-hybridized carbons (Fsp3) is 0.917. The van der Waals surface area contributed by atoms with E-state index in [1.807, 2.05) is 11.9 Å². The van der Waals surface area contributed by atoms with Crippen LogP contribution in [0.5, 0.6) is 0 Å². The first-order chi connectivity index (χ1) is 7.24. The maximum absolute atomic E-state index is 11.8. The van der Waals surface area contributed by atoms with Gasteiger partial charge in [-0.05, 0) is 31.8 Å². The number of carbonyl (C=O) groups excluding carboxylic acids is 1. The summed E-state index contributed by atoms with van der Waals surface area (Å²) in [5.41, 5.74) is 0. The summed E-state index contributed by atoms with van der Waals surface area (Å²) in [5, 5.41) is 3.30. The Balaban J connectivity index is 2.14. The summed E-state index contributed by atoms with van der Waals surface area (Å²) < 4.78 is 0. The van der Waals surface area contributed by atoms with Gasteiger partial charge in [-0.3, -0.25) is 4.79 Å². The lowest BCUT2D eigenvalue weighted by molar-refractivity contribution is -0.130. The van der Waals surface area contributed by atoms with Gasteiger partial charge >= 0.3 is 0 Å². The molecule has 0 radical (unpaired) electrons. The van der Waals surface area contributed by atoms with Crippen molar-refractivity contribution in [3.63, 3.8) is 0 Å². The number of unbranched alkanes of at least 4 members (excludes halogenated alkanes) is 2. The van der Waals surface area contributed by atoms with E-state index in [2.05, 4.69) is 12.2 Å². The molecule has 0 aliphatic carbocycles. The van der Waals surface area contributed by atoms with Gasteiger partial charge < -0.3 is 10.2 Å². The fourth-order valence-electron chi connectivity index (χ4n) is 2.02. The number of rotatable bonds is 6. The molecule has 3 nitrogen and oxygen atoms in total. The minimum atomic E-state index is 0.319.